The van der Waals surface area contributed by atoms with Crippen LogP contribution in [-0.2, 0) is 4.74 Å². The Morgan fingerprint density at radius 1 is 1.27 bits per heavy atom. The third-order valence-electron chi connectivity index (χ3n) is 4.11. The highest BCUT2D eigenvalue weighted by molar-refractivity contribution is 5.99. The molecule has 0 bridgehead atoms. The average molecular weight is 405 g/mol. The Morgan fingerprint density at radius 3 is 2.63 bits per heavy atom. The van der Waals surface area contributed by atoms with Crippen LogP contribution in [0.3, 0.4) is 0 Å². The van der Waals surface area contributed by atoms with Crippen molar-refractivity contribution >= 4 is 11.5 Å². The maximum atomic E-state index is 7.80. The van der Waals surface area contributed by atoms with Crippen LogP contribution in [0.15, 0.2) is 113 Å². The van der Waals surface area contributed by atoms with Crippen LogP contribution in [0.25, 0.3) is 0 Å². The Labute approximate surface area is 180 Å². The van der Waals surface area contributed by atoms with Crippen LogP contribution in [0.2, 0.25) is 0 Å². The maximum absolute atomic E-state index is 7.80. The topological polar surface area (TPSA) is 97.5 Å². The van der Waals surface area contributed by atoms with Crippen LogP contribution in [-0.4, -0.2) is 11.5 Å². The van der Waals surface area contributed by atoms with E-state index in [1.165, 1.54) is 6.20 Å². The van der Waals surface area contributed by atoms with Gasteiger partial charge in [0.05, 0.1) is 5.70 Å². The molecule has 5 N–H and O–H groups in total. The molecule has 1 aliphatic rings. The molecule has 0 aliphatic heterocycles. The minimum absolute atomic E-state index is 0.0721. The van der Waals surface area contributed by atoms with Gasteiger partial charge in [-0.25, -0.2) is 0 Å². The molecule has 0 amide bonds. The number of aliphatic imine (C=N–C) groups is 1. The zero-order valence-corrected chi connectivity index (χ0v) is 17.9. The zero-order valence-electron chi connectivity index (χ0n) is 17.9. The van der Waals surface area contributed by atoms with Crippen LogP contribution in [0.4, 0.5) is 0 Å². The average Bonchev–Trinajstić information content (AvgIpc) is 2.70. The molecule has 1 rings (SSSR count). The van der Waals surface area contributed by atoms with E-state index in [9.17, 15) is 0 Å². The van der Waals surface area contributed by atoms with Crippen LogP contribution < -0.4 is 11.5 Å². The van der Waals surface area contributed by atoms with Crippen molar-refractivity contribution in [1.29, 1.82) is 5.41 Å². The summed E-state index contributed by atoms with van der Waals surface area (Å²) in [4.78, 5) is 4.61. The molecule has 0 radical (unpaired) electrons. The van der Waals surface area contributed by atoms with E-state index in [1.807, 2.05) is 37.3 Å². The van der Waals surface area contributed by atoms with E-state index in [1.54, 1.807) is 25.2 Å². The minimum atomic E-state index is -0.0721. The van der Waals surface area contributed by atoms with Crippen molar-refractivity contribution in [2.75, 3.05) is 0 Å². The molecule has 0 heterocycles. The number of nitrogens with one attached hydrogen (secondary N) is 1. The Bertz CT molecular complexity index is 890. The van der Waals surface area contributed by atoms with Crippen molar-refractivity contribution in [3.05, 3.63) is 108 Å². The van der Waals surface area contributed by atoms with Gasteiger partial charge in [-0.05, 0) is 74.9 Å². The Hall–Kier alpha value is -3.60. The molecule has 0 atom stereocenters. The van der Waals surface area contributed by atoms with E-state index in [0.717, 1.165) is 18.6 Å². The molecule has 0 aromatic rings. The first-order valence-corrected chi connectivity index (χ1v) is 9.79. The molecule has 0 aromatic carbocycles. The van der Waals surface area contributed by atoms with Gasteiger partial charge in [0.25, 0.3) is 0 Å². The third-order valence-corrected chi connectivity index (χ3v) is 4.11. The monoisotopic (exact) mass is 404 g/mol. The highest BCUT2D eigenvalue weighted by Crippen LogP contribution is 2.20. The van der Waals surface area contributed by atoms with Crippen molar-refractivity contribution in [1.82, 2.24) is 0 Å². The van der Waals surface area contributed by atoms with Gasteiger partial charge in [-0.2, -0.15) is 0 Å². The van der Waals surface area contributed by atoms with Crippen molar-refractivity contribution in [3.63, 3.8) is 0 Å². The molecule has 158 valence electrons. The van der Waals surface area contributed by atoms with Gasteiger partial charge in [0.1, 0.15) is 17.4 Å². The fourth-order valence-corrected chi connectivity index (χ4v) is 2.44. The summed E-state index contributed by atoms with van der Waals surface area (Å²) < 4.78 is 5.97. The molecule has 5 nitrogen and oxygen atoms in total. The Kier molecular flexibility index (Phi) is 11.0. The highest BCUT2D eigenvalue weighted by atomic mass is 16.5. The number of ether oxygens (including phenoxy) is 1. The van der Waals surface area contributed by atoms with Crippen LogP contribution in [0, 0.1) is 5.41 Å². The number of allylic oxidation sites excluding steroid dienone is 10. The number of hydrogen-bond donors (Lipinski definition) is 3. The van der Waals surface area contributed by atoms with Gasteiger partial charge < -0.3 is 16.2 Å². The SMILES string of the molecule is C=CCC(/C=C/N)=N\C(C(=C)/C=C\C(=CC)OC1=C/C=C\CC/C=C\1)=C(/C)C(=N)N. The molecular formula is C25H32N4O. The zero-order chi connectivity index (χ0) is 22.4. The summed E-state index contributed by atoms with van der Waals surface area (Å²) >= 11 is 0. The summed E-state index contributed by atoms with van der Waals surface area (Å²) in [5.74, 6) is 1.35. The maximum Gasteiger partial charge on any atom is 0.127 e. The first kappa shape index (κ1) is 24.4. The molecule has 0 saturated carbocycles. The molecule has 0 aromatic heterocycles. The Morgan fingerprint density at radius 2 is 2.00 bits per heavy atom. The fraction of sp³-hybridized carbons (Fsp3) is 0.200. The fourth-order valence-electron chi connectivity index (χ4n) is 2.44. The summed E-state index contributed by atoms with van der Waals surface area (Å²) in [7, 11) is 0. The lowest BCUT2D eigenvalue weighted by atomic mass is 10.1. The lowest BCUT2D eigenvalue weighted by Gasteiger charge is -2.10. The summed E-state index contributed by atoms with van der Waals surface area (Å²) in [6, 6.07) is 0. The highest BCUT2D eigenvalue weighted by Gasteiger charge is 2.08. The number of amidine groups is 1. The van der Waals surface area contributed by atoms with Gasteiger partial charge in [0, 0.05) is 17.7 Å². The number of hydrogen-bond acceptors (Lipinski definition) is 4. The number of nitrogens with zero attached hydrogens (tertiary/aromatic N) is 1. The normalized spacial score (nSPS) is 20.0. The van der Waals surface area contributed by atoms with E-state index in [-0.39, 0.29) is 5.84 Å². The molecule has 1 aliphatic carbocycles. The van der Waals surface area contributed by atoms with Crippen LogP contribution in [0.1, 0.15) is 33.1 Å². The smallest absolute Gasteiger partial charge is 0.127 e. The first-order valence-electron chi connectivity index (χ1n) is 9.79. The lowest BCUT2D eigenvalue weighted by Crippen LogP contribution is -2.13. The van der Waals surface area contributed by atoms with Gasteiger partial charge >= 0.3 is 0 Å². The van der Waals surface area contributed by atoms with Gasteiger partial charge in [-0.3, -0.25) is 10.4 Å². The standard InChI is InChI=1S/C25H32N4O/c1-5-12-21(17-18-26)29-24(20(4)25(27)28)19(3)15-16-22(6-2)30-23-13-10-8-7-9-11-14-23/h5-6,8,10-11,13-18H,1,3,7,9,12,26H2,2,4H3,(H3,27,28)/b10-8-,14-11-,16-15-,18-17+,22-6?,23-13+,24-20+,29-21+. The number of nitrogens with two attached hydrogens (primary N) is 2. The molecule has 0 fully saturated rings. The predicted molar refractivity (Wildman–Crippen MR) is 129 cm³/mol. The van der Waals surface area contributed by atoms with Gasteiger partial charge in [0.15, 0.2) is 0 Å². The van der Waals surface area contributed by atoms with E-state index in [2.05, 4.69) is 30.3 Å². The quantitative estimate of drug-likeness (QED) is 0.147. The van der Waals surface area contributed by atoms with Gasteiger partial charge in [0.2, 0.25) is 0 Å². The summed E-state index contributed by atoms with van der Waals surface area (Å²) in [6.45, 7) is 11.5. The molecule has 30 heavy (non-hydrogen) atoms. The van der Waals surface area contributed by atoms with E-state index in [4.69, 9.17) is 21.6 Å². The molecule has 0 spiro atoms. The summed E-state index contributed by atoms with van der Waals surface area (Å²) in [6.07, 6.45) is 22.9. The van der Waals surface area contributed by atoms with Gasteiger partial charge in [-0.15, -0.1) is 6.58 Å². The molecule has 0 unspecified atom stereocenters. The second kappa shape index (κ2) is 13.6. The lowest BCUT2D eigenvalue weighted by molar-refractivity contribution is 0.335. The van der Waals surface area contributed by atoms with E-state index < -0.39 is 0 Å². The van der Waals surface area contributed by atoms with Crippen molar-refractivity contribution in [2.24, 2.45) is 16.5 Å². The van der Waals surface area contributed by atoms with Crippen molar-refractivity contribution in [3.8, 4) is 0 Å². The Balaban J connectivity index is 3.16. The summed E-state index contributed by atoms with van der Waals surface area (Å²) in [5, 5.41) is 7.80. The number of rotatable bonds is 10. The van der Waals surface area contributed by atoms with E-state index in [0.29, 0.717) is 34.7 Å². The summed E-state index contributed by atoms with van der Waals surface area (Å²) in [5.41, 5.74) is 13.5. The van der Waals surface area contributed by atoms with Crippen LogP contribution >= 0.6 is 0 Å². The minimum Gasteiger partial charge on any atom is -0.458 e. The van der Waals surface area contributed by atoms with Crippen molar-refractivity contribution < 1.29 is 4.74 Å². The van der Waals surface area contributed by atoms with Gasteiger partial charge in [-0.1, -0.05) is 30.9 Å². The largest absolute Gasteiger partial charge is 0.458 e. The predicted octanol–water partition coefficient (Wildman–Crippen LogP) is 5.51. The van der Waals surface area contributed by atoms with Crippen LogP contribution in [0.5, 0.6) is 0 Å². The first-order chi connectivity index (χ1) is 14.4. The second-order valence-electron chi connectivity index (χ2n) is 6.47. The second-order valence-corrected chi connectivity index (χ2v) is 6.47. The molecular weight excluding hydrogens is 372 g/mol. The van der Waals surface area contributed by atoms with E-state index >= 15 is 0 Å². The van der Waals surface area contributed by atoms with Crippen molar-refractivity contribution in [2.45, 2.75) is 33.1 Å². The molecule has 5 heteroatoms. The molecule has 0 saturated heterocycles. The third kappa shape index (κ3) is 8.61.